The second kappa shape index (κ2) is 6.43. The Labute approximate surface area is 113 Å². The van der Waals surface area contributed by atoms with Crippen molar-refractivity contribution in [3.8, 4) is 5.75 Å². The highest BCUT2D eigenvalue weighted by Gasteiger charge is 2.15. The molecule has 0 unspecified atom stereocenters. The second-order valence-corrected chi connectivity index (χ2v) is 4.84. The topological polar surface area (TPSA) is 67.6 Å². The summed E-state index contributed by atoms with van der Waals surface area (Å²) in [6, 6.07) is 5.22. The number of likely N-dealkylation sites (tertiary alicyclic amines) is 1. The lowest BCUT2D eigenvalue weighted by molar-refractivity contribution is -0.117. The molecule has 0 spiro atoms. The van der Waals surface area contributed by atoms with Gasteiger partial charge in [0.15, 0.2) is 0 Å². The van der Waals surface area contributed by atoms with Gasteiger partial charge in [-0.15, -0.1) is 0 Å². The first-order chi connectivity index (χ1) is 9.19. The highest BCUT2D eigenvalue weighted by Crippen LogP contribution is 2.26. The standard InChI is InChI=1S/C14H21N3O2/c1-19-13-9-11(15)5-6-12(13)16-14(18)10-17-7-3-2-4-8-17/h5-6,9H,2-4,7-8,10,15H2,1H3,(H,16,18). The highest BCUT2D eigenvalue weighted by atomic mass is 16.5. The zero-order chi connectivity index (χ0) is 13.7. The first-order valence-electron chi connectivity index (χ1n) is 6.65. The number of nitrogens with zero attached hydrogens (tertiary/aromatic N) is 1. The Bertz CT molecular complexity index is 442. The maximum Gasteiger partial charge on any atom is 0.238 e. The SMILES string of the molecule is COc1cc(N)ccc1NC(=O)CN1CCCCC1. The van der Waals surface area contributed by atoms with E-state index in [1.165, 1.54) is 19.3 Å². The van der Waals surface area contributed by atoms with Gasteiger partial charge in [0.05, 0.1) is 19.3 Å². The normalized spacial score (nSPS) is 16.1. The number of hydrogen-bond acceptors (Lipinski definition) is 4. The summed E-state index contributed by atoms with van der Waals surface area (Å²) in [5.74, 6) is 0.581. The van der Waals surface area contributed by atoms with Gasteiger partial charge in [0, 0.05) is 11.8 Å². The van der Waals surface area contributed by atoms with Crippen molar-refractivity contribution in [3.63, 3.8) is 0 Å². The van der Waals surface area contributed by atoms with Crippen LogP contribution in [-0.2, 0) is 4.79 Å². The predicted octanol–water partition coefficient (Wildman–Crippen LogP) is 1.70. The Morgan fingerprint density at radius 1 is 1.37 bits per heavy atom. The molecule has 0 radical (unpaired) electrons. The van der Waals surface area contributed by atoms with Gasteiger partial charge in [-0.1, -0.05) is 6.42 Å². The smallest absolute Gasteiger partial charge is 0.238 e. The quantitative estimate of drug-likeness (QED) is 0.811. The fourth-order valence-corrected chi connectivity index (χ4v) is 2.32. The Hall–Kier alpha value is -1.75. The van der Waals surface area contributed by atoms with Crippen molar-refractivity contribution in [3.05, 3.63) is 18.2 Å². The number of carbonyl (C=O) groups excluding carboxylic acids is 1. The molecule has 1 fully saturated rings. The van der Waals surface area contributed by atoms with Crippen LogP contribution in [0.5, 0.6) is 5.75 Å². The lowest BCUT2D eigenvalue weighted by Crippen LogP contribution is -2.36. The minimum Gasteiger partial charge on any atom is -0.494 e. The van der Waals surface area contributed by atoms with Crippen LogP contribution in [0, 0.1) is 0 Å². The summed E-state index contributed by atoms with van der Waals surface area (Å²) in [5, 5.41) is 2.87. The highest BCUT2D eigenvalue weighted by molar-refractivity contribution is 5.94. The van der Waals surface area contributed by atoms with Crippen LogP contribution in [0.25, 0.3) is 0 Å². The van der Waals surface area contributed by atoms with E-state index < -0.39 is 0 Å². The molecule has 1 amide bonds. The third kappa shape index (κ3) is 3.86. The van der Waals surface area contributed by atoms with E-state index >= 15 is 0 Å². The van der Waals surface area contributed by atoms with E-state index in [0.717, 1.165) is 13.1 Å². The van der Waals surface area contributed by atoms with E-state index in [1.54, 1.807) is 25.3 Å². The van der Waals surface area contributed by atoms with Crippen molar-refractivity contribution in [2.75, 3.05) is 37.8 Å². The average Bonchev–Trinajstić information content (AvgIpc) is 2.42. The number of anilines is 2. The third-order valence-corrected chi connectivity index (χ3v) is 3.32. The molecule has 1 saturated heterocycles. The number of carbonyl (C=O) groups is 1. The molecule has 1 heterocycles. The lowest BCUT2D eigenvalue weighted by Gasteiger charge is -2.25. The van der Waals surface area contributed by atoms with Gasteiger partial charge in [0.2, 0.25) is 5.91 Å². The van der Waals surface area contributed by atoms with E-state index in [0.29, 0.717) is 23.7 Å². The first kappa shape index (κ1) is 13.7. The van der Waals surface area contributed by atoms with Crippen molar-refractivity contribution >= 4 is 17.3 Å². The fourth-order valence-electron chi connectivity index (χ4n) is 2.32. The number of ether oxygens (including phenoxy) is 1. The minimum atomic E-state index is -0.00929. The Kier molecular flexibility index (Phi) is 4.63. The van der Waals surface area contributed by atoms with Crippen molar-refractivity contribution in [2.45, 2.75) is 19.3 Å². The number of piperidine rings is 1. The minimum absolute atomic E-state index is 0.00929. The Balaban J connectivity index is 1.94. The van der Waals surface area contributed by atoms with Crippen LogP contribution in [0.4, 0.5) is 11.4 Å². The number of rotatable bonds is 4. The van der Waals surface area contributed by atoms with Gasteiger partial charge in [0.1, 0.15) is 5.75 Å². The number of benzene rings is 1. The summed E-state index contributed by atoms with van der Waals surface area (Å²) < 4.78 is 5.21. The fraction of sp³-hybridized carbons (Fsp3) is 0.500. The first-order valence-corrected chi connectivity index (χ1v) is 6.65. The molecule has 19 heavy (non-hydrogen) atoms. The van der Waals surface area contributed by atoms with Crippen LogP contribution in [0.1, 0.15) is 19.3 Å². The van der Waals surface area contributed by atoms with E-state index in [2.05, 4.69) is 10.2 Å². The Morgan fingerprint density at radius 2 is 2.11 bits per heavy atom. The molecule has 5 nitrogen and oxygen atoms in total. The summed E-state index contributed by atoms with van der Waals surface area (Å²) in [6.07, 6.45) is 3.63. The molecule has 104 valence electrons. The van der Waals surface area contributed by atoms with Gasteiger partial charge < -0.3 is 15.8 Å². The van der Waals surface area contributed by atoms with Gasteiger partial charge >= 0.3 is 0 Å². The molecule has 1 aliphatic rings. The van der Waals surface area contributed by atoms with Crippen LogP contribution in [0.15, 0.2) is 18.2 Å². The van der Waals surface area contributed by atoms with E-state index in [1.807, 2.05) is 0 Å². The number of nitrogen functional groups attached to an aromatic ring is 1. The molecular weight excluding hydrogens is 242 g/mol. The molecular formula is C14H21N3O2. The Morgan fingerprint density at radius 3 is 2.79 bits per heavy atom. The molecule has 0 bridgehead atoms. The van der Waals surface area contributed by atoms with Gasteiger partial charge in [-0.2, -0.15) is 0 Å². The van der Waals surface area contributed by atoms with Crippen LogP contribution < -0.4 is 15.8 Å². The molecule has 3 N–H and O–H groups in total. The molecule has 1 aromatic carbocycles. The largest absolute Gasteiger partial charge is 0.494 e. The lowest BCUT2D eigenvalue weighted by atomic mass is 10.1. The van der Waals surface area contributed by atoms with E-state index in [4.69, 9.17) is 10.5 Å². The zero-order valence-corrected chi connectivity index (χ0v) is 11.3. The summed E-state index contributed by atoms with van der Waals surface area (Å²) in [6.45, 7) is 2.45. The molecule has 0 saturated carbocycles. The molecule has 0 aromatic heterocycles. The average molecular weight is 263 g/mol. The molecule has 1 aromatic rings. The van der Waals surface area contributed by atoms with Crippen molar-refractivity contribution < 1.29 is 9.53 Å². The number of hydrogen-bond donors (Lipinski definition) is 2. The van der Waals surface area contributed by atoms with Gasteiger partial charge in [-0.25, -0.2) is 0 Å². The van der Waals surface area contributed by atoms with Crippen molar-refractivity contribution in [2.24, 2.45) is 0 Å². The van der Waals surface area contributed by atoms with Crippen LogP contribution in [0.3, 0.4) is 0 Å². The van der Waals surface area contributed by atoms with Gasteiger partial charge in [-0.3, -0.25) is 9.69 Å². The van der Waals surface area contributed by atoms with Gasteiger partial charge in [-0.05, 0) is 38.1 Å². The summed E-state index contributed by atoms with van der Waals surface area (Å²) >= 11 is 0. The van der Waals surface area contributed by atoms with Crippen LogP contribution in [-0.4, -0.2) is 37.6 Å². The van der Waals surface area contributed by atoms with Crippen molar-refractivity contribution in [1.82, 2.24) is 4.90 Å². The van der Waals surface area contributed by atoms with Crippen molar-refractivity contribution in [1.29, 1.82) is 0 Å². The molecule has 1 aliphatic heterocycles. The molecule has 2 rings (SSSR count). The van der Waals surface area contributed by atoms with Gasteiger partial charge in [0.25, 0.3) is 0 Å². The zero-order valence-electron chi connectivity index (χ0n) is 11.3. The summed E-state index contributed by atoms with van der Waals surface area (Å²) in [5.41, 5.74) is 6.96. The maximum atomic E-state index is 12.0. The summed E-state index contributed by atoms with van der Waals surface area (Å²) in [4.78, 5) is 14.2. The predicted molar refractivity (Wildman–Crippen MR) is 76.3 cm³/mol. The number of nitrogens with two attached hydrogens (primary N) is 1. The van der Waals surface area contributed by atoms with E-state index in [9.17, 15) is 4.79 Å². The molecule has 0 atom stereocenters. The maximum absolute atomic E-state index is 12.0. The number of nitrogens with one attached hydrogen (secondary N) is 1. The molecule has 0 aliphatic carbocycles. The molecule has 5 heteroatoms. The summed E-state index contributed by atoms with van der Waals surface area (Å²) in [7, 11) is 1.56. The third-order valence-electron chi connectivity index (χ3n) is 3.32. The van der Waals surface area contributed by atoms with Crippen LogP contribution in [0.2, 0.25) is 0 Å². The monoisotopic (exact) mass is 263 g/mol. The number of amides is 1. The number of methoxy groups -OCH3 is 1. The van der Waals surface area contributed by atoms with Crippen LogP contribution >= 0.6 is 0 Å². The van der Waals surface area contributed by atoms with E-state index in [-0.39, 0.29) is 5.91 Å². The second-order valence-electron chi connectivity index (χ2n) is 4.84.